The Morgan fingerprint density at radius 1 is 1.05 bits per heavy atom. The van der Waals surface area contributed by atoms with Gasteiger partial charge in [0.05, 0.1) is 16.1 Å². The van der Waals surface area contributed by atoms with Crippen LogP contribution >= 0.6 is 23.2 Å². The topological polar surface area (TPSA) is 38.0 Å². The Labute approximate surface area is 136 Å². The lowest BCUT2D eigenvalue weighted by atomic mass is 9.47. The van der Waals surface area contributed by atoms with E-state index in [9.17, 15) is 0 Å². The molecule has 4 saturated carbocycles. The molecule has 4 aliphatic carbocycles. The number of hydrogen-bond donors (Lipinski definition) is 2. The fraction of sp³-hybridized carbons (Fsp3) is 0.647. The van der Waals surface area contributed by atoms with E-state index in [-0.39, 0.29) is 11.5 Å². The molecule has 1 aromatic carbocycles. The van der Waals surface area contributed by atoms with Gasteiger partial charge in [-0.1, -0.05) is 35.3 Å². The fourth-order valence-electron chi connectivity index (χ4n) is 5.87. The first-order chi connectivity index (χ1) is 10.1. The highest BCUT2D eigenvalue weighted by molar-refractivity contribution is 6.42. The summed E-state index contributed by atoms with van der Waals surface area (Å²) in [4.78, 5) is 0. The predicted molar refractivity (Wildman–Crippen MR) is 87.1 cm³/mol. The van der Waals surface area contributed by atoms with E-state index in [4.69, 9.17) is 29.0 Å². The second-order valence-corrected chi connectivity index (χ2v) is 8.31. The molecule has 4 bridgehead atoms. The van der Waals surface area contributed by atoms with Gasteiger partial charge in [-0.05, 0) is 73.3 Å². The Kier molecular flexibility index (Phi) is 3.50. The number of hydrazine groups is 1. The van der Waals surface area contributed by atoms with Crippen LogP contribution in [-0.4, -0.2) is 0 Å². The molecule has 5 rings (SSSR count). The van der Waals surface area contributed by atoms with Crippen molar-refractivity contribution in [3.63, 3.8) is 0 Å². The van der Waals surface area contributed by atoms with E-state index in [1.807, 2.05) is 12.1 Å². The van der Waals surface area contributed by atoms with E-state index in [2.05, 4.69) is 11.5 Å². The Morgan fingerprint density at radius 2 is 1.62 bits per heavy atom. The molecule has 2 nitrogen and oxygen atoms in total. The standard InChI is InChI=1S/C17H22Cl2N2/c18-14-3-1-2-13(15(14)19)16(21-20)17-7-10-4-11(8-17)6-12(5-10)9-17/h1-3,10-12,16,21H,4-9,20H2. The van der Waals surface area contributed by atoms with Crippen molar-refractivity contribution in [2.24, 2.45) is 29.0 Å². The molecule has 4 fully saturated rings. The predicted octanol–water partition coefficient (Wildman–Crippen LogP) is 4.71. The van der Waals surface area contributed by atoms with Crippen molar-refractivity contribution in [1.29, 1.82) is 0 Å². The van der Waals surface area contributed by atoms with Gasteiger partial charge in [0.25, 0.3) is 0 Å². The lowest BCUT2D eigenvalue weighted by Gasteiger charge is -2.59. The summed E-state index contributed by atoms with van der Waals surface area (Å²) in [5.41, 5.74) is 4.45. The van der Waals surface area contributed by atoms with Crippen LogP contribution in [0.15, 0.2) is 18.2 Å². The van der Waals surface area contributed by atoms with E-state index in [1.54, 1.807) is 0 Å². The third-order valence-corrected chi connectivity index (χ3v) is 6.99. The van der Waals surface area contributed by atoms with Gasteiger partial charge in [0.1, 0.15) is 0 Å². The second-order valence-electron chi connectivity index (χ2n) is 7.52. The van der Waals surface area contributed by atoms with Gasteiger partial charge in [-0.2, -0.15) is 0 Å². The van der Waals surface area contributed by atoms with Gasteiger partial charge in [0.2, 0.25) is 0 Å². The van der Waals surface area contributed by atoms with Gasteiger partial charge in [-0.15, -0.1) is 0 Å². The molecule has 0 heterocycles. The normalized spacial score (nSPS) is 38.7. The number of hydrogen-bond acceptors (Lipinski definition) is 2. The molecule has 0 spiro atoms. The van der Waals surface area contributed by atoms with Crippen LogP contribution < -0.4 is 11.3 Å². The molecule has 0 saturated heterocycles. The first-order valence-corrected chi connectivity index (χ1v) is 8.77. The molecule has 4 heteroatoms. The molecular weight excluding hydrogens is 303 g/mol. The number of nitrogens with one attached hydrogen (secondary N) is 1. The zero-order valence-corrected chi connectivity index (χ0v) is 13.6. The van der Waals surface area contributed by atoms with Gasteiger partial charge >= 0.3 is 0 Å². The molecule has 0 aromatic heterocycles. The minimum Gasteiger partial charge on any atom is -0.271 e. The maximum absolute atomic E-state index is 6.48. The largest absolute Gasteiger partial charge is 0.271 e. The summed E-state index contributed by atoms with van der Waals surface area (Å²) >= 11 is 12.7. The summed E-state index contributed by atoms with van der Waals surface area (Å²) in [5, 5.41) is 1.29. The van der Waals surface area contributed by atoms with E-state index in [0.29, 0.717) is 10.0 Å². The van der Waals surface area contributed by atoms with Crippen molar-refractivity contribution < 1.29 is 0 Å². The zero-order chi connectivity index (χ0) is 14.6. The average molecular weight is 325 g/mol. The highest BCUT2D eigenvalue weighted by Gasteiger charge is 2.54. The van der Waals surface area contributed by atoms with Crippen molar-refractivity contribution in [2.45, 2.75) is 44.6 Å². The minimum absolute atomic E-state index is 0.122. The summed E-state index contributed by atoms with van der Waals surface area (Å²) in [7, 11) is 0. The molecule has 0 radical (unpaired) electrons. The maximum Gasteiger partial charge on any atom is 0.0640 e. The third-order valence-electron chi connectivity index (χ3n) is 6.16. The molecule has 21 heavy (non-hydrogen) atoms. The van der Waals surface area contributed by atoms with Gasteiger partial charge in [0.15, 0.2) is 0 Å². The zero-order valence-electron chi connectivity index (χ0n) is 12.1. The van der Waals surface area contributed by atoms with Crippen LogP contribution in [-0.2, 0) is 0 Å². The number of benzene rings is 1. The molecule has 3 N–H and O–H groups in total. The number of rotatable bonds is 3. The minimum atomic E-state index is 0.122. The van der Waals surface area contributed by atoms with Gasteiger partial charge in [0, 0.05) is 0 Å². The lowest BCUT2D eigenvalue weighted by Crippen LogP contribution is -2.53. The van der Waals surface area contributed by atoms with Crippen molar-refractivity contribution in [2.75, 3.05) is 0 Å². The highest BCUT2D eigenvalue weighted by Crippen LogP contribution is 2.64. The van der Waals surface area contributed by atoms with E-state index >= 15 is 0 Å². The average Bonchev–Trinajstić information content (AvgIpc) is 2.42. The Bertz CT molecular complexity index is 522. The molecule has 4 aliphatic rings. The van der Waals surface area contributed by atoms with Crippen molar-refractivity contribution in [3.05, 3.63) is 33.8 Å². The van der Waals surface area contributed by atoms with Gasteiger partial charge < -0.3 is 0 Å². The summed E-state index contributed by atoms with van der Waals surface area (Å²) in [6.07, 6.45) is 8.16. The maximum atomic E-state index is 6.48. The number of halogens is 2. The van der Waals surface area contributed by atoms with Gasteiger partial charge in [-0.25, -0.2) is 0 Å². The molecule has 1 unspecified atom stereocenters. The van der Waals surface area contributed by atoms with Crippen LogP contribution in [0.25, 0.3) is 0 Å². The molecule has 0 amide bonds. The molecule has 0 aliphatic heterocycles. The van der Waals surface area contributed by atoms with Crippen LogP contribution in [0.3, 0.4) is 0 Å². The number of nitrogens with two attached hydrogens (primary N) is 1. The quantitative estimate of drug-likeness (QED) is 0.624. The Morgan fingerprint density at radius 3 is 2.14 bits per heavy atom. The molecular formula is C17H22Cl2N2. The van der Waals surface area contributed by atoms with Crippen molar-refractivity contribution in [3.8, 4) is 0 Å². The van der Waals surface area contributed by atoms with Crippen LogP contribution in [0, 0.1) is 23.2 Å². The summed E-state index contributed by atoms with van der Waals surface area (Å²) < 4.78 is 0. The first kappa shape index (κ1) is 14.3. The SMILES string of the molecule is NNC(c1cccc(Cl)c1Cl)C12CC3CC(CC(C3)C1)C2. The van der Waals surface area contributed by atoms with E-state index < -0.39 is 0 Å². The monoisotopic (exact) mass is 324 g/mol. The fourth-order valence-corrected chi connectivity index (χ4v) is 6.29. The lowest BCUT2D eigenvalue weighted by molar-refractivity contribution is -0.0749. The smallest absolute Gasteiger partial charge is 0.0640 e. The second kappa shape index (κ2) is 5.13. The third kappa shape index (κ3) is 2.23. The molecule has 114 valence electrons. The Balaban J connectivity index is 1.74. The summed E-state index contributed by atoms with van der Waals surface area (Å²) in [6.45, 7) is 0. The Hall–Kier alpha value is -0.280. The van der Waals surface area contributed by atoms with Crippen LogP contribution in [0.2, 0.25) is 10.0 Å². The summed E-state index contributed by atoms with van der Waals surface area (Å²) in [5.74, 6) is 8.67. The van der Waals surface area contributed by atoms with Crippen molar-refractivity contribution in [1.82, 2.24) is 5.43 Å². The summed E-state index contributed by atoms with van der Waals surface area (Å²) in [6, 6.07) is 6.03. The van der Waals surface area contributed by atoms with Crippen molar-refractivity contribution >= 4 is 23.2 Å². The van der Waals surface area contributed by atoms with Crippen LogP contribution in [0.1, 0.15) is 50.1 Å². The van der Waals surface area contributed by atoms with Gasteiger partial charge in [-0.3, -0.25) is 11.3 Å². The molecule has 1 atom stereocenters. The highest BCUT2D eigenvalue weighted by atomic mass is 35.5. The van der Waals surface area contributed by atoms with E-state index in [1.165, 1.54) is 38.5 Å². The molecule has 1 aromatic rings. The van der Waals surface area contributed by atoms with E-state index in [0.717, 1.165) is 23.3 Å². The first-order valence-electron chi connectivity index (χ1n) is 8.01. The van der Waals surface area contributed by atoms with Crippen LogP contribution in [0.5, 0.6) is 0 Å². The van der Waals surface area contributed by atoms with Crippen LogP contribution in [0.4, 0.5) is 0 Å².